The molecule has 0 aliphatic rings. The van der Waals surface area contributed by atoms with Crippen molar-refractivity contribution >= 4 is 37.9 Å². The van der Waals surface area contributed by atoms with Crippen LogP contribution in [0.4, 0.5) is 14.1 Å². The molecule has 0 N–H and O–H groups in total. The summed E-state index contributed by atoms with van der Waals surface area (Å²) < 4.78 is 33.1. The zero-order valence-electron chi connectivity index (χ0n) is 39.3. The number of rotatable bonds is 18. The van der Waals surface area contributed by atoms with Crippen molar-refractivity contribution in [3.63, 3.8) is 0 Å². The van der Waals surface area contributed by atoms with Gasteiger partial charge in [-0.25, -0.2) is 0 Å². The van der Waals surface area contributed by atoms with Crippen molar-refractivity contribution in [3.05, 3.63) is 86.5 Å². The molecule has 12 heteroatoms. The Morgan fingerprint density at radius 1 is 0.317 bits per heavy atom. The van der Waals surface area contributed by atoms with Crippen molar-refractivity contribution in [2.75, 3.05) is 39.6 Å². The first-order valence-electron chi connectivity index (χ1n) is 20.7. The molecule has 0 saturated carbocycles. The van der Waals surface area contributed by atoms with E-state index in [9.17, 15) is 0 Å². The van der Waals surface area contributed by atoms with E-state index in [1.807, 2.05) is 41.5 Å². The summed E-state index contributed by atoms with van der Waals surface area (Å²) >= 11 is 16.6. The number of benzene rings is 3. The summed E-state index contributed by atoms with van der Waals surface area (Å²) in [5, 5.41) is 0. The van der Waals surface area contributed by atoms with Gasteiger partial charge in [0.25, 0.3) is 0 Å². The van der Waals surface area contributed by atoms with E-state index in [1.54, 1.807) is 0 Å². The Labute approximate surface area is 379 Å². The molecule has 0 atom stereocenters. The van der Waals surface area contributed by atoms with Crippen molar-refractivity contribution in [2.45, 2.75) is 174 Å². The molecule has 60 heavy (non-hydrogen) atoms. The first-order chi connectivity index (χ1) is 26.7. The maximum absolute atomic E-state index is 5.54. The van der Waals surface area contributed by atoms with Crippen molar-refractivity contribution in [3.8, 4) is 0 Å². The van der Waals surface area contributed by atoms with Crippen LogP contribution in [0.5, 0.6) is 0 Å². The van der Waals surface area contributed by atoms with Crippen LogP contribution < -0.4 is 0 Å². The third-order valence-corrected chi connectivity index (χ3v) is 10.7. The van der Waals surface area contributed by atoms with Gasteiger partial charge in [-0.1, -0.05) is 137 Å². The first kappa shape index (κ1) is 62.2. The van der Waals surface area contributed by atoms with E-state index in [4.69, 9.17) is 66.3 Å². The van der Waals surface area contributed by atoms with Gasteiger partial charge >= 0.3 is 0 Å². The summed E-state index contributed by atoms with van der Waals surface area (Å²) in [4.78, 5) is 2.65. The van der Waals surface area contributed by atoms with Crippen LogP contribution in [-0.4, -0.2) is 39.6 Å². The van der Waals surface area contributed by atoms with Gasteiger partial charge in [0, 0.05) is 54.3 Å². The fourth-order valence-electron chi connectivity index (χ4n) is 5.48. The zero-order chi connectivity index (χ0) is 43.4. The minimum absolute atomic E-state index is 0. The Bertz CT molecular complexity index is 1340. The van der Waals surface area contributed by atoms with E-state index < -0.39 is 0 Å². The maximum atomic E-state index is 5.54. The maximum Gasteiger partial charge on any atom is 0.0730 e. The lowest BCUT2D eigenvalue weighted by molar-refractivity contribution is 0.126. The monoisotopic (exact) mass is 903 g/mol. The third-order valence-electron chi connectivity index (χ3n) is 9.10. The van der Waals surface area contributed by atoms with Gasteiger partial charge in [0.2, 0.25) is 0 Å². The molecular weight excluding hydrogens is 826 g/mol. The summed E-state index contributed by atoms with van der Waals surface area (Å²) in [6, 6.07) is 13.0. The van der Waals surface area contributed by atoms with Gasteiger partial charge in [-0.2, -0.15) is 0 Å². The van der Waals surface area contributed by atoms with Gasteiger partial charge in [0.1, 0.15) is 0 Å². The molecule has 3 rings (SSSR count). The standard InChI is InChI=1S/3C16H25O2S.3FH/c3*1-6-17-10-12-8-14(16(3,4)5)9-13(15(12)19)11-18-7-2;;;/h3*8-9H,6-7,10-11H2,1-5H3;3*1H. The van der Waals surface area contributed by atoms with Crippen molar-refractivity contribution < 1.29 is 42.5 Å². The predicted octanol–water partition coefficient (Wildman–Crippen LogP) is 14.3. The summed E-state index contributed by atoms with van der Waals surface area (Å²) in [7, 11) is 0. The van der Waals surface area contributed by atoms with E-state index in [2.05, 4.69) is 98.7 Å². The van der Waals surface area contributed by atoms with E-state index in [0.29, 0.717) is 79.3 Å². The van der Waals surface area contributed by atoms with E-state index in [0.717, 1.165) is 48.1 Å². The second-order valence-corrected chi connectivity index (χ2v) is 18.2. The molecule has 0 aliphatic heterocycles. The molecule has 3 aromatic carbocycles. The Hall–Kier alpha value is -2.13. The van der Waals surface area contributed by atoms with Crippen LogP contribution in [0.1, 0.15) is 154 Å². The highest BCUT2D eigenvalue weighted by Crippen LogP contribution is 2.33. The first-order valence-corrected chi connectivity index (χ1v) is 21.9. The van der Waals surface area contributed by atoms with E-state index in [-0.39, 0.29) is 30.4 Å². The fraction of sp³-hybridized carbons (Fsp3) is 0.625. The molecule has 0 saturated heterocycles. The average Bonchev–Trinajstić information content (AvgIpc) is 3.14. The van der Waals surface area contributed by atoms with Crippen LogP contribution in [-0.2, 0) is 84.3 Å². The van der Waals surface area contributed by atoms with Crippen LogP contribution in [0.25, 0.3) is 0 Å². The fourth-order valence-corrected chi connectivity index (χ4v) is 6.18. The normalized spacial score (nSPS) is 11.2. The second kappa shape index (κ2) is 30.8. The van der Waals surface area contributed by atoms with Crippen LogP contribution in [0.3, 0.4) is 0 Å². The van der Waals surface area contributed by atoms with E-state index in [1.165, 1.54) is 16.7 Å². The second-order valence-electron chi connectivity index (χ2n) is 16.9. The van der Waals surface area contributed by atoms with Gasteiger partial charge in [0.15, 0.2) is 0 Å². The topological polar surface area (TPSA) is 55.4 Å². The molecule has 0 fully saturated rings. The van der Waals surface area contributed by atoms with Crippen LogP contribution in [0, 0.1) is 0 Å². The third kappa shape index (κ3) is 21.8. The molecule has 0 heterocycles. The number of ether oxygens (including phenoxy) is 6. The number of hydrogen-bond acceptors (Lipinski definition) is 6. The highest BCUT2D eigenvalue weighted by atomic mass is 32.1. The summed E-state index contributed by atoms with van der Waals surface area (Å²) in [6.07, 6.45) is 0. The van der Waals surface area contributed by atoms with Crippen molar-refractivity contribution in [2.24, 2.45) is 0 Å². The molecule has 0 spiro atoms. The molecule has 3 aromatic rings. The Kier molecular flexibility index (Phi) is 32.0. The molecule has 0 amide bonds. The zero-order valence-corrected chi connectivity index (χ0v) is 41.8. The molecule has 0 unspecified atom stereocenters. The van der Waals surface area contributed by atoms with Crippen molar-refractivity contribution in [1.29, 1.82) is 0 Å². The van der Waals surface area contributed by atoms with Gasteiger partial charge < -0.3 is 28.4 Å². The van der Waals surface area contributed by atoms with Crippen LogP contribution in [0.2, 0.25) is 0 Å². The van der Waals surface area contributed by atoms with Gasteiger partial charge in [0.05, 0.1) is 39.6 Å². The van der Waals surface area contributed by atoms with Gasteiger partial charge in [-0.3, -0.25) is 14.1 Å². The van der Waals surface area contributed by atoms with Gasteiger partial charge in [-0.15, -0.1) is 0 Å². The molecule has 0 bridgehead atoms. The van der Waals surface area contributed by atoms with Gasteiger partial charge in [-0.05, 0) is 108 Å². The lowest BCUT2D eigenvalue weighted by Crippen LogP contribution is -2.13. The highest BCUT2D eigenvalue weighted by Gasteiger charge is 2.21. The largest absolute Gasteiger partial charge is 0.377 e. The molecule has 345 valence electrons. The van der Waals surface area contributed by atoms with Crippen LogP contribution in [0.15, 0.2) is 51.1 Å². The molecule has 0 aliphatic carbocycles. The number of halogens is 3. The Morgan fingerprint density at radius 2 is 0.450 bits per heavy atom. The molecule has 3 radical (unpaired) electrons. The minimum atomic E-state index is 0. The van der Waals surface area contributed by atoms with Crippen LogP contribution >= 0.6 is 37.9 Å². The predicted molar refractivity (Wildman–Crippen MR) is 252 cm³/mol. The molecule has 0 aromatic heterocycles. The lowest BCUT2D eigenvalue weighted by Gasteiger charge is -2.22. The smallest absolute Gasteiger partial charge is 0.0730 e. The summed E-state index contributed by atoms with van der Waals surface area (Å²) in [6.45, 7) is 39.6. The summed E-state index contributed by atoms with van der Waals surface area (Å²) in [5.41, 5.74) is 10.7. The average molecular weight is 904 g/mol. The summed E-state index contributed by atoms with van der Waals surface area (Å²) in [5.74, 6) is 0. The Balaban J connectivity index is -0.000000792. The quantitative estimate of drug-likeness (QED) is 0.127. The number of hydrogen-bond donors (Lipinski definition) is 0. The lowest BCUT2D eigenvalue weighted by atomic mass is 9.85. The van der Waals surface area contributed by atoms with E-state index >= 15 is 0 Å². The van der Waals surface area contributed by atoms with Crippen molar-refractivity contribution in [1.82, 2.24) is 0 Å². The Morgan fingerprint density at radius 3 is 0.550 bits per heavy atom. The highest BCUT2D eigenvalue weighted by molar-refractivity contribution is 7.80. The molecular formula is C48H78F3O6S3. The molecule has 6 nitrogen and oxygen atoms in total. The minimum Gasteiger partial charge on any atom is -0.377 e. The SMILES string of the molecule is CCOCc1cc(C(C)(C)C)cc(COCC)c1[S].CCOCc1cc(C(C)(C)C)cc(COCC)c1[S].CCOCc1cc(C(C)(C)C)cc(COCC)c1[S].F.F.F.